The number of hydrogen-bond acceptors (Lipinski definition) is 4. The van der Waals surface area contributed by atoms with E-state index in [0.29, 0.717) is 23.0 Å². The van der Waals surface area contributed by atoms with Crippen LogP contribution in [-0.4, -0.2) is 10.9 Å². The zero-order chi connectivity index (χ0) is 13.8. The Morgan fingerprint density at radius 1 is 1.37 bits per heavy atom. The monoisotopic (exact) mass is 257 g/mol. The van der Waals surface area contributed by atoms with Crippen LogP contribution in [0.15, 0.2) is 36.5 Å². The summed E-state index contributed by atoms with van der Waals surface area (Å²) < 4.78 is 5.71. The van der Waals surface area contributed by atoms with Gasteiger partial charge < -0.3 is 15.8 Å². The van der Waals surface area contributed by atoms with Crippen LogP contribution in [0.5, 0.6) is 11.6 Å². The van der Waals surface area contributed by atoms with Crippen molar-refractivity contribution in [1.82, 2.24) is 4.98 Å². The minimum Gasteiger partial charge on any atom is -0.437 e. The summed E-state index contributed by atoms with van der Waals surface area (Å²) in [5.41, 5.74) is 7.66. The van der Waals surface area contributed by atoms with Gasteiger partial charge in [-0.05, 0) is 25.1 Å². The summed E-state index contributed by atoms with van der Waals surface area (Å²) in [4.78, 5) is 15.3. The van der Waals surface area contributed by atoms with Crippen LogP contribution in [0.25, 0.3) is 0 Å². The topological polar surface area (TPSA) is 77.2 Å². The molecule has 0 aliphatic heterocycles. The molecule has 1 heterocycles. The molecular formula is C14H15N3O2. The Morgan fingerprint density at radius 2 is 2.11 bits per heavy atom. The average molecular weight is 257 g/mol. The van der Waals surface area contributed by atoms with E-state index in [-0.39, 0.29) is 5.91 Å². The number of aromatic nitrogens is 1. The molecule has 0 aliphatic rings. The van der Waals surface area contributed by atoms with Gasteiger partial charge in [-0.1, -0.05) is 12.1 Å². The van der Waals surface area contributed by atoms with Gasteiger partial charge in [0.15, 0.2) is 5.75 Å². The summed E-state index contributed by atoms with van der Waals surface area (Å²) in [5, 5.41) is 2.71. The van der Waals surface area contributed by atoms with Crippen LogP contribution in [0, 0.1) is 6.92 Å². The van der Waals surface area contributed by atoms with Crippen LogP contribution in [0.4, 0.5) is 11.4 Å². The molecule has 98 valence electrons. The van der Waals surface area contributed by atoms with Gasteiger partial charge in [0.2, 0.25) is 11.8 Å². The van der Waals surface area contributed by atoms with Gasteiger partial charge in [0, 0.05) is 12.5 Å². The van der Waals surface area contributed by atoms with E-state index in [4.69, 9.17) is 10.5 Å². The highest BCUT2D eigenvalue weighted by Gasteiger charge is 2.08. The van der Waals surface area contributed by atoms with Crippen molar-refractivity contribution in [2.75, 3.05) is 11.1 Å². The Hall–Kier alpha value is -2.56. The number of carbonyl (C=O) groups is 1. The number of rotatable bonds is 3. The number of nitrogens with two attached hydrogens (primary N) is 1. The maximum absolute atomic E-state index is 11.1. The molecule has 0 spiro atoms. The lowest BCUT2D eigenvalue weighted by Crippen LogP contribution is -2.07. The van der Waals surface area contributed by atoms with Gasteiger partial charge in [0.1, 0.15) is 0 Å². The molecule has 2 aromatic rings. The molecule has 2 rings (SSSR count). The second-order valence-electron chi connectivity index (χ2n) is 4.17. The van der Waals surface area contributed by atoms with E-state index in [2.05, 4.69) is 10.3 Å². The molecule has 19 heavy (non-hydrogen) atoms. The van der Waals surface area contributed by atoms with Gasteiger partial charge in [-0.15, -0.1) is 0 Å². The normalized spacial score (nSPS) is 10.0. The van der Waals surface area contributed by atoms with Crippen LogP contribution < -0.4 is 15.8 Å². The van der Waals surface area contributed by atoms with E-state index in [0.717, 1.165) is 5.56 Å². The summed E-state index contributed by atoms with van der Waals surface area (Å²) >= 11 is 0. The van der Waals surface area contributed by atoms with E-state index in [9.17, 15) is 4.79 Å². The fraction of sp³-hybridized carbons (Fsp3) is 0.143. The van der Waals surface area contributed by atoms with Crippen molar-refractivity contribution in [3.8, 4) is 11.6 Å². The van der Waals surface area contributed by atoms with Gasteiger partial charge >= 0.3 is 0 Å². The molecule has 1 aromatic carbocycles. The maximum atomic E-state index is 11.1. The fourth-order valence-electron chi connectivity index (χ4n) is 1.64. The Balaban J connectivity index is 2.30. The number of ether oxygens (including phenoxy) is 1. The Bertz CT molecular complexity index is 611. The first-order valence-electron chi connectivity index (χ1n) is 5.83. The van der Waals surface area contributed by atoms with Crippen LogP contribution in [0.3, 0.4) is 0 Å². The lowest BCUT2D eigenvalue weighted by Gasteiger charge is -2.12. The standard InChI is InChI=1S/C14H15N3O2/c1-9-7-11(15)8-16-14(9)19-13-6-4-3-5-12(13)17-10(2)18/h3-8H,15H2,1-2H3,(H,17,18). The van der Waals surface area contributed by atoms with Crippen molar-refractivity contribution < 1.29 is 9.53 Å². The molecule has 0 saturated heterocycles. The zero-order valence-electron chi connectivity index (χ0n) is 10.8. The van der Waals surface area contributed by atoms with Crippen molar-refractivity contribution in [3.63, 3.8) is 0 Å². The number of carbonyl (C=O) groups excluding carboxylic acids is 1. The number of pyridine rings is 1. The number of nitrogens with zero attached hydrogens (tertiary/aromatic N) is 1. The SMILES string of the molecule is CC(=O)Nc1ccccc1Oc1ncc(N)cc1C. The molecule has 0 atom stereocenters. The molecule has 0 fully saturated rings. The summed E-state index contributed by atoms with van der Waals surface area (Å²) in [6.45, 7) is 3.31. The number of benzene rings is 1. The second kappa shape index (κ2) is 5.39. The van der Waals surface area contributed by atoms with Gasteiger partial charge in [0.25, 0.3) is 0 Å². The minimum atomic E-state index is -0.155. The number of aryl methyl sites for hydroxylation is 1. The molecule has 0 aliphatic carbocycles. The largest absolute Gasteiger partial charge is 0.437 e. The van der Waals surface area contributed by atoms with Gasteiger partial charge in [-0.3, -0.25) is 4.79 Å². The predicted molar refractivity (Wildman–Crippen MR) is 74.2 cm³/mol. The van der Waals surface area contributed by atoms with Crippen molar-refractivity contribution in [3.05, 3.63) is 42.1 Å². The highest BCUT2D eigenvalue weighted by Crippen LogP contribution is 2.30. The first-order chi connectivity index (χ1) is 9.06. The third-order valence-electron chi connectivity index (χ3n) is 2.46. The summed E-state index contributed by atoms with van der Waals surface area (Å²) in [6.07, 6.45) is 1.53. The molecule has 3 N–H and O–H groups in total. The summed E-state index contributed by atoms with van der Waals surface area (Å²) in [5.74, 6) is 0.850. The van der Waals surface area contributed by atoms with Gasteiger partial charge in [-0.2, -0.15) is 0 Å². The van der Waals surface area contributed by atoms with Crippen LogP contribution in [0.1, 0.15) is 12.5 Å². The molecule has 0 unspecified atom stereocenters. The number of hydrogen-bond donors (Lipinski definition) is 2. The lowest BCUT2D eigenvalue weighted by molar-refractivity contribution is -0.114. The number of amides is 1. The quantitative estimate of drug-likeness (QED) is 0.886. The smallest absolute Gasteiger partial charge is 0.222 e. The number of para-hydroxylation sites is 2. The van der Waals surface area contributed by atoms with Gasteiger partial charge in [0.05, 0.1) is 17.6 Å². The van der Waals surface area contributed by atoms with Crippen molar-refractivity contribution >= 4 is 17.3 Å². The first kappa shape index (κ1) is 12.9. The number of nitrogen functional groups attached to an aromatic ring is 1. The van der Waals surface area contributed by atoms with E-state index in [1.165, 1.54) is 13.1 Å². The van der Waals surface area contributed by atoms with Crippen molar-refractivity contribution in [2.24, 2.45) is 0 Å². The zero-order valence-corrected chi connectivity index (χ0v) is 10.8. The second-order valence-corrected chi connectivity index (χ2v) is 4.17. The average Bonchev–Trinajstić information content (AvgIpc) is 2.34. The third kappa shape index (κ3) is 3.22. The minimum absolute atomic E-state index is 0.155. The molecule has 5 nitrogen and oxygen atoms in total. The fourth-order valence-corrected chi connectivity index (χ4v) is 1.64. The Labute approximate surface area is 111 Å². The van der Waals surface area contributed by atoms with E-state index in [1.54, 1.807) is 18.2 Å². The van der Waals surface area contributed by atoms with E-state index < -0.39 is 0 Å². The molecular weight excluding hydrogens is 242 g/mol. The third-order valence-corrected chi connectivity index (χ3v) is 2.46. The molecule has 5 heteroatoms. The molecule has 0 bridgehead atoms. The van der Waals surface area contributed by atoms with Crippen LogP contribution >= 0.6 is 0 Å². The highest BCUT2D eigenvalue weighted by molar-refractivity contribution is 5.90. The van der Waals surface area contributed by atoms with Crippen molar-refractivity contribution in [1.29, 1.82) is 0 Å². The number of anilines is 2. The molecule has 0 radical (unpaired) electrons. The molecule has 1 aromatic heterocycles. The van der Waals surface area contributed by atoms with E-state index >= 15 is 0 Å². The van der Waals surface area contributed by atoms with E-state index in [1.807, 2.05) is 19.1 Å². The van der Waals surface area contributed by atoms with Gasteiger partial charge in [-0.25, -0.2) is 4.98 Å². The molecule has 0 saturated carbocycles. The number of nitrogens with one attached hydrogen (secondary N) is 1. The first-order valence-corrected chi connectivity index (χ1v) is 5.83. The molecule has 1 amide bonds. The summed E-state index contributed by atoms with van der Waals surface area (Å²) in [7, 11) is 0. The van der Waals surface area contributed by atoms with Crippen LogP contribution in [-0.2, 0) is 4.79 Å². The maximum Gasteiger partial charge on any atom is 0.222 e. The Morgan fingerprint density at radius 3 is 2.79 bits per heavy atom. The predicted octanol–water partition coefficient (Wildman–Crippen LogP) is 2.72. The Kier molecular flexibility index (Phi) is 3.66. The summed E-state index contributed by atoms with van der Waals surface area (Å²) in [6, 6.07) is 8.96. The van der Waals surface area contributed by atoms with Crippen LogP contribution in [0.2, 0.25) is 0 Å². The highest BCUT2D eigenvalue weighted by atomic mass is 16.5. The lowest BCUT2D eigenvalue weighted by atomic mass is 10.2. The van der Waals surface area contributed by atoms with Crippen molar-refractivity contribution in [2.45, 2.75) is 13.8 Å².